The largest absolute Gasteiger partial charge is 0.354 e. The molecule has 3 rings (SSSR count). The van der Waals surface area contributed by atoms with Crippen LogP contribution in [0.1, 0.15) is 50.3 Å². The normalized spacial score (nSPS) is 12.2. The fourth-order valence-electron chi connectivity index (χ4n) is 4.45. The number of rotatable bonds is 15. The average Bonchev–Trinajstić information content (AvgIpc) is 2.95. The molecule has 0 saturated carbocycles. The van der Waals surface area contributed by atoms with Gasteiger partial charge in [0, 0.05) is 37.5 Å². The second-order valence-electron chi connectivity index (χ2n) is 10.5. The Kier molecular flexibility index (Phi) is 12.4. The Morgan fingerprint density at radius 2 is 1.51 bits per heavy atom. The molecule has 0 radical (unpaired) electrons. The zero-order valence-corrected chi connectivity index (χ0v) is 25.5. The maximum atomic E-state index is 13.8. The monoisotopic (exact) mass is 597 g/mol. The first-order valence-electron chi connectivity index (χ1n) is 14.0. The Bertz CT molecular complexity index is 1360. The lowest BCUT2D eigenvalue weighted by molar-refractivity contribution is -0.141. The molecule has 0 fully saturated rings. The van der Waals surface area contributed by atoms with Crippen LogP contribution in [0.15, 0.2) is 83.8 Å². The summed E-state index contributed by atoms with van der Waals surface area (Å²) in [5.74, 6) is 0.0906. The molecule has 0 heterocycles. The first-order valence-corrected chi connectivity index (χ1v) is 15.9. The first-order chi connectivity index (χ1) is 19.6. The van der Waals surface area contributed by atoms with Gasteiger partial charge in [-0.2, -0.15) is 0 Å². The summed E-state index contributed by atoms with van der Waals surface area (Å²) in [6.07, 6.45) is 1.79. The fourth-order valence-corrected chi connectivity index (χ4v) is 5.61. The Morgan fingerprint density at radius 3 is 2.12 bits per heavy atom. The van der Waals surface area contributed by atoms with Crippen LogP contribution in [0.3, 0.4) is 0 Å². The summed E-state index contributed by atoms with van der Waals surface area (Å²) in [6, 6.07) is 22.8. The SMILES string of the molecule is CCNS(=O)(=O)c1ccc(CCC(=O)N(Cc2ccc(Cl)cc2)C(Cc2ccccc2)C(=O)NCCC(C)C)cc1. The molecule has 2 N–H and O–H groups in total. The molecule has 0 spiro atoms. The molecule has 3 aromatic carbocycles. The summed E-state index contributed by atoms with van der Waals surface area (Å²) < 4.78 is 27.0. The summed E-state index contributed by atoms with van der Waals surface area (Å²) in [4.78, 5) is 29.3. The van der Waals surface area contributed by atoms with E-state index >= 15 is 0 Å². The Morgan fingerprint density at radius 1 is 0.878 bits per heavy atom. The van der Waals surface area contributed by atoms with Crippen molar-refractivity contribution in [1.29, 1.82) is 0 Å². The van der Waals surface area contributed by atoms with E-state index in [1.165, 1.54) is 0 Å². The van der Waals surface area contributed by atoms with Crippen LogP contribution < -0.4 is 10.0 Å². The molecule has 0 aliphatic rings. The van der Waals surface area contributed by atoms with Crippen molar-refractivity contribution in [3.8, 4) is 0 Å². The summed E-state index contributed by atoms with van der Waals surface area (Å²) in [6.45, 7) is 7.02. The highest BCUT2D eigenvalue weighted by Gasteiger charge is 2.30. The molecule has 0 saturated heterocycles. The maximum absolute atomic E-state index is 13.8. The van der Waals surface area contributed by atoms with Gasteiger partial charge in [0.1, 0.15) is 6.04 Å². The highest BCUT2D eigenvalue weighted by molar-refractivity contribution is 7.89. The maximum Gasteiger partial charge on any atom is 0.243 e. The molecule has 9 heteroatoms. The molecule has 3 aromatic rings. The number of hydrogen-bond donors (Lipinski definition) is 2. The van der Waals surface area contributed by atoms with E-state index in [4.69, 9.17) is 11.6 Å². The zero-order valence-electron chi connectivity index (χ0n) is 24.0. The van der Waals surface area contributed by atoms with Crippen LogP contribution in [0.2, 0.25) is 5.02 Å². The molecule has 0 aliphatic carbocycles. The number of benzene rings is 3. The lowest BCUT2D eigenvalue weighted by atomic mass is 10.0. The van der Waals surface area contributed by atoms with Gasteiger partial charge in [-0.1, -0.05) is 87.0 Å². The number of nitrogens with zero attached hydrogens (tertiary/aromatic N) is 1. The van der Waals surface area contributed by atoms with Crippen LogP contribution in [-0.4, -0.2) is 44.3 Å². The van der Waals surface area contributed by atoms with Gasteiger partial charge in [-0.05, 0) is 59.7 Å². The van der Waals surface area contributed by atoms with Crippen molar-refractivity contribution >= 4 is 33.4 Å². The molecule has 0 aromatic heterocycles. The van der Waals surface area contributed by atoms with Crippen molar-refractivity contribution in [2.45, 2.75) is 63.9 Å². The Labute approximate surface area is 249 Å². The first kappa shape index (κ1) is 32.3. The second-order valence-corrected chi connectivity index (χ2v) is 12.7. The fraction of sp³-hybridized carbons (Fsp3) is 0.375. The summed E-state index contributed by atoms with van der Waals surface area (Å²) >= 11 is 6.10. The molecule has 1 unspecified atom stereocenters. The number of carbonyl (C=O) groups is 2. The number of amides is 2. The third kappa shape index (κ3) is 10.3. The van der Waals surface area contributed by atoms with E-state index in [9.17, 15) is 18.0 Å². The van der Waals surface area contributed by atoms with Crippen molar-refractivity contribution in [3.05, 3.63) is 101 Å². The predicted molar refractivity (Wildman–Crippen MR) is 164 cm³/mol. The predicted octanol–water partition coefficient (Wildman–Crippen LogP) is 5.37. The number of nitrogens with one attached hydrogen (secondary N) is 2. The van der Waals surface area contributed by atoms with Gasteiger partial charge in [-0.15, -0.1) is 0 Å². The Hall–Kier alpha value is -3.20. The smallest absolute Gasteiger partial charge is 0.243 e. The van der Waals surface area contributed by atoms with Crippen LogP contribution in [0, 0.1) is 5.92 Å². The van der Waals surface area contributed by atoms with E-state index in [1.807, 2.05) is 42.5 Å². The standard InChI is InChI=1S/C32H40ClN3O4S/c1-4-35-41(39,40)29-17-12-25(13-18-29)14-19-31(37)36(23-27-10-15-28(33)16-11-27)30(22-26-8-6-5-7-9-26)32(38)34-21-20-24(2)3/h5-13,15-18,24,30,35H,4,14,19-23H2,1-3H3,(H,34,38). The second kappa shape index (κ2) is 15.7. The van der Waals surface area contributed by atoms with Crippen molar-refractivity contribution in [1.82, 2.24) is 14.9 Å². The minimum atomic E-state index is -3.55. The quantitative estimate of drug-likeness (QED) is 0.246. The molecule has 1 atom stereocenters. The van der Waals surface area contributed by atoms with Crippen molar-refractivity contribution in [2.75, 3.05) is 13.1 Å². The van der Waals surface area contributed by atoms with E-state index < -0.39 is 16.1 Å². The number of hydrogen-bond acceptors (Lipinski definition) is 4. The highest BCUT2D eigenvalue weighted by Crippen LogP contribution is 2.19. The van der Waals surface area contributed by atoms with Gasteiger partial charge in [-0.25, -0.2) is 13.1 Å². The number of carbonyl (C=O) groups excluding carboxylic acids is 2. The van der Waals surface area contributed by atoms with Gasteiger partial charge in [0.15, 0.2) is 0 Å². The molecule has 220 valence electrons. The third-order valence-corrected chi connectivity index (χ3v) is 8.57. The number of halogens is 1. The molecular formula is C32H40ClN3O4S. The van der Waals surface area contributed by atoms with E-state index in [0.717, 1.165) is 23.1 Å². The van der Waals surface area contributed by atoms with Gasteiger partial charge in [-0.3, -0.25) is 9.59 Å². The van der Waals surface area contributed by atoms with E-state index in [1.54, 1.807) is 48.2 Å². The lowest BCUT2D eigenvalue weighted by Gasteiger charge is -2.32. The van der Waals surface area contributed by atoms with Crippen LogP contribution in [0.4, 0.5) is 0 Å². The molecule has 41 heavy (non-hydrogen) atoms. The van der Waals surface area contributed by atoms with Crippen LogP contribution in [0.25, 0.3) is 0 Å². The molecule has 0 aliphatic heterocycles. The third-order valence-electron chi connectivity index (χ3n) is 6.75. The lowest BCUT2D eigenvalue weighted by Crippen LogP contribution is -2.50. The van der Waals surface area contributed by atoms with E-state index in [-0.39, 0.29) is 29.7 Å². The van der Waals surface area contributed by atoms with E-state index in [2.05, 4.69) is 23.9 Å². The highest BCUT2D eigenvalue weighted by atomic mass is 35.5. The summed E-state index contributed by atoms with van der Waals surface area (Å²) in [7, 11) is -3.55. The summed E-state index contributed by atoms with van der Waals surface area (Å²) in [5, 5.41) is 3.65. The Balaban J connectivity index is 1.85. The van der Waals surface area contributed by atoms with Crippen LogP contribution in [-0.2, 0) is 39.0 Å². The number of sulfonamides is 1. The van der Waals surface area contributed by atoms with Crippen molar-refractivity contribution < 1.29 is 18.0 Å². The molecular weight excluding hydrogens is 558 g/mol. The van der Waals surface area contributed by atoms with E-state index in [0.29, 0.717) is 36.9 Å². The van der Waals surface area contributed by atoms with Gasteiger partial charge in [0.2, 0.25) is 21.8 Å². The molecule has 7 nitrogen and oxygen atoms in total. The minimum Gasteiger partial charge on any atom is -0.354 e. The summed E-state index contributed by atoms with van der Waals surface area (Å²) in [5.41, 5.74) is 2.66. The molecule has 0 bridgehead atoms. The van der Waals surface area contributed by atoms with Gasteiger partial charge in [0.25, 0.3) is 0 Å². The van der Waals surface area contributed by atoms with Gasteiger partial charge >= 0.3 is 0 Å². The van der Waals surface area contributed by atoms with Crippen LogP contribution in [0.5, 0.6) is 0 Å². The zero-order chi connectivity index (χ0) is 29.8. The number of aryl methyl sites for hydroxylation is 1. The topological polar surface area (TPSA) is 95.6 Å². The van der Waals surface area contributed by atoms with Gasteiger partial charge in [0.05, 0.1) is 4.90 Å². The van der Waals surface area contributed by atoms with Gasteiger partial charge < -0.3 is 10.2 Å². The van der Waals surface area contributed by atoms with Crippen molar-refractivity contribution in [2.24, 2.45) is 5.92 Å². The van der Waals surface area contributed by atoms with Crippen LogP contribution >= 0.6 is 11.6 Å². The minimum absolute atomic E-state index is 0.163. The molecule has 2 amide bonds. The average molecular weight is 598 g/mol. The van der Waals surface area contributed by atoms with Crippen molar-refractivity contribution in [3.63, 3.8) is 0 Å².